The average Bonchev–Trinajstić information content (AvgIpc) is 2.89. The molecule has 1 heterocycles. The predicted molar refractivity (Wildman–Crippen MR) is 70.0 cm³/mol. The molecule has 0 spiro atoms. The van der Waals surface area contributed by atoms with E-state index in [0.717, 1.165) is 12.8 Å². The fourth-order valence-corrected chi connectivity index (χ4v) is 2.21. The number of hydrogen-bond donors (Lipinski definition) is 1. The zero-order chi connectivity index (χ0) is 12.1. The van der Waals surface area contributed by atoms with E-state index < -0.39 is 0 Å². The van der Waals surface area contributed by atoms with Crippen LogP contribution in [0, 0.1) is 0 Å². The van der Waals surface area contributed by atoms with E-state index in [0.29, 0.717) is 6.04 Å². The highest BCUT2D eigenvalue weighted by Crippen LogP contribution is 2.22. The second kappa shape index (κ2) is 5.69. The van der Waals surface area contributed by atoms with Crippen LogP contribution in [0.15, 0.2) is 47.3 Å². The summed E-state index contributed by atoms with van der Waals surface area (Å²) in [6.45, 7) is 2.20. The summed E-state index contributed by atoms with van der Waals surface area (Å²) >= 11 is 0. The van der Waals surface area contributed by atoms with Crippen molar-refractivity contribution < 1.29 is 4.42 Å². The molecule has 1 N–H and O–H groups in total. The average molecular weight is 229 g/mol. The Balaban J connectivity index is 2.22. The molecule has 1 atom stereocenters. The van der Waals surface area contributed by atoms with Crippen molar-refractivity contribution in [2.75, 3.05) is 7.05 Å². The molecule has 0 amide bonds. The summed E-state index contributed by atoms with van der Waals surface area (Å²) in [6, 6.07) is 11.0. The molecule has 0 fully saturated rings. The quantitative estimate of drug-likeness (QED) is 0.850. The number of nitrogens with one attached hydrogen (secondary N) is 1. The summed E-state index contributed by atoms with van der Waals surface area (Å²) in [4.78, 5) is 0. The number of hydrogen-bond acceptors (Lipinski definition) is 2. The van der Waals surface area contributed by atoms with Crippen molar-refractivity contribution in [3.05, 3.63) is 59.5 Å². The predicted octanol–water partition coefficient (Wildman–Crippen LogP) is 3.35. The van der Waals surface area contributed by atoms with Gasteiger partial charge in [0.15, 0.2) is 0 Å². The number of rotatable bonds is 5. The molecular formula is C15H19NO. The minimum Gasteiger partial charge on any atom is -0.472 e. The molecule has 1 unspecified atom stereocenters. The highest BCUT2D eigenvalue weighted by atomic mass is 16.3. The normalized spacial score (nSPS) is 12.6. The summed E-state index contributed by atoms with van der Waals surface area (Å²) in [5.41, 5.74) is 4.03. The van der Waals surface area contributed by atoms with Crippen LogP contribution in [0.3, 0.4) is 0 Å². The van der Waals surface area contributed by atoms with E-state index in [-0.39, 0.29) is 0 Å². The lowest BCUT2D eigenvalue weighted by Crippen LogP contribution is -2.20. The van der Waals surface area contributed by atoms with Gasteiger partial charge in [0, 0.05) is 6.04 Å². The van der Waals surface area contributed by atoms with E-state index in [1.165, 1.54) is 16.7 Å². The zero-order valence-electron chi connectivity index (χ0n) is 10.4. The van der Waals surface area contributed by atoms with Crippen LogP contribution in [-0.2, 0) is 12.8 Å². The largest absolute Gasteiger partial charge is 0.472 e. The molecule has 0 radical (unpaired) electrons. The van der Waals surface area contributed by atoms with Crippen molar-refractivity contribution in [1.82, 2.24) is 5.32 Å². The van der Waals surface area contributed by atoms with Gasteiger partial charge < -0.3 is 9.73 Å². The Hall–Kier alpha value is -1.54. The first-order valence-electron chi connectivity index (χ1n) is 6.11. The first kappa shape index (κ1) is 11.9. The van der Waals surface area contributed by atoms with Crippen LogP contribution >= 0.6 is 0 Å². The van der Waals surface area contributed by atoms with Crippen molar-refractivity contribution in [3.63, 3.8) is 0 Å². The standard InChI is InChI=1S/C15H19NO/c1-3-13-6-4-5-7-14(13)15(16-2)10-12-8-9-17-11-12/h4-9,11,15-16H,3,10H2,1-2H3. The number of aryl methyl sites for hydroxylation is 1. The first-order valence-corrected chi connectivity index (χ1v) is 6.11. The molecule has 1 aromatic heterocycles. The van der Waals surface area contributed by atoms with Crippen LogP contribution in [0.2, 0.25) is 0 Å². The molecule has 2 nitrogen and oxygen atoms in total. The highest BCUT2D eigenvalue weighted by Gasteiger charge is 2.13. The van der Waals surface area contributed by atoms with Crippen LogP contribution in [0.5, 0.6) is 0 Å². The maximum Gasteiger partial charge on any atom is 0.0935 e. The molecule has 0 aliphatic heterocycles. The number of likely N-dealkylation sites (N-methyl/N-ethyl adjacent to an activating group) is 1. The van der Waals surface area contributed by atoms with Crippen LogP contribution in [-0.4, -0.2) is 7.05 Å². The second-order valence-electron chi connectivity index (χ2n) is 4.23. The summed E-state index contributed by atoms with van der Waals surface area (Å²) in [5, 5.41) is 3.39. The van der Waals surface area contributed by atoms with Gasteiger partial charge in [-0.15, -0.1) is 0 Å². The second-order valence-corrected chi connectivity index (χ2v) is 4.23. The van der Waals surface area contributed by atoms with E-state index >= 15 is 0 Å². The van der Waals surface area contributed by atoms with Gasteiger partial charge >= 0.3 is 0 Å². The van der Waals surface area contributed by atoms with Crippen molar-refractivity contribution >= 4 is 0 Å². The molecule has 2 heteroatoms. The third kappa shape index (κ3) is 2.77. The third-order valence-corrected chi connectivity index (χ3v) is 3.18. The Morgan fingerprint density at radius 2 is 2.06 bits per heavy atom. The maximum atomic E-state index is 5.12. The Bertz CT molecular complexity index is 448. The molecule has 0 saturated carbocycles. The van der Waals surface area contributed by atoms with E-state index in [1.54, 1.807) is 6.26 Å². The smallest absolute Gasteiger partial charge is 0.0935 e. The van der Waals surface area contributed by atoms with Gasteiger partial charge in [-0.05, 0) is 42.6 Å². The zero-order valence-corrected chi connectivity index (χ0v) is 10.4. The van der Waals surface area contributed by atoms with E-state index in [4.69, 9.17) is 4.42 Å². The van der Waals surface area contributed by atoms with E-state index in [9.17, 15) is 0 Å². The minimum absolute atomic E-state index is 0.351. The molecular weight excluding hydrogens is 210 g/mol. The Morgan fingerprint density at radius 3 is 2.71 bits per heavy atom. The molecule has 0 aliphatic rings. The summed E-state index contributed by atoms with van der Waals surface area (Å²) in [6.07, 6.45) is 5.58. The molecule has 2 aromatic rings. The molecule has 0 aliphatic carbocycles. The number of benzene rings is 1. The fourth-order valence-electron chi connectivity index (χ4n) is 2.21. The summed E-state index contributed by atoms with van der Waals surface area (Å²) in [5.74, 6) is 0. The molecule has 0 saturated heterocycles. The van der Waals surface area contributed by atoms with Gasteiger partial charge in [-0.2, -0.15) is 0 Å². The van der Waals surface area contributed by atoms with Gasteiger partial charge in [-0.3, -0.25) is 0 Å². The van der Waals surface area contributed by atoms with Crippen LogP contribution in [0.1, 0.15) is 29.7 Å². The van der Waals surface area contributed by atoms with Crippen molar-refractivity contribution in [2.45, 2.75) is 25.8 Å². The van der Waals surface area contributed by atoms with Gasteiger partial charge in [-0.1, -0.05) is 31.2 Å². The van der Waals surface area contributed by atoms with Gasteiger partial charge in [0.2, 0.25) is 0 Å². The molecule has 2 rings (SSSR count). The topological polar surface area (TPSA) is 25.2 Å². The van der Waals surface area contributed by atoms with Gasteiger partial charge in [0.1, 0.15) is 0 Å². The van der Waals surface area contributed by atoms with Crippen LogP contribution in [0.25, 0.3) is 0 Å². The molecule has 0 bridgehead atoms. The summed E-state index contributed by atoms with van der Waals surface area (Å²) < 4.78 is 5.12. The third-order valence-electron chi connectivity index (χ3n) is 3.18. The lowest BCUT2D eigenvalue weighted by molar-refractivity contribution is 0.550. The lowest BCUT2D eigenvalue weighted by atomic mass is 9.95. The monoisotopic (exact) mass is 229 g/mol. The molecule has 90 valence electrons. The van der Waals surface area contributed by atoms with E-state index in [2.05, 4.69) is 36.5 Å². The van der Waals surface area contributed by atoms with Crippen LogP contribution in [0.4, 0.5) is 0 Å². The minimum atomic E-state index is 0.351. The van der Waals surface area contributed by atoms with E-state index in [1.807, 2.05) is 19.4 Å². The van der Waals surface area contributed by atoms with Crippen molar-refractivity contribution in [1.29, 1.82) is 0 Å². The highest BCUT2D eigenvalue weighted by molar-refractivity contribution is 5.31. The maximum absolute atomic E-state index is 5.12. The first-order chi connectivity index (χ1) is 8.35. The van der Waals surface area contributed by atoms with Crippen molar-refractivity contribution in [3.8, 4) is 0 Å². The Kier molecular flexibility index (Phi) is 3.99. The SMILES string of the molecule is CCc1ccccc1C(Cc1ccoc1)NC. The van der Waals surface area contributed by atoms with Crippen molar-refractivity contribution in [2.24, 2.45) is 0 Å². The Morgan fingerprint density at radius 1 is 1.24 bits per heavy atom. The fraction of sp³-hybridized carbons (Fsp3) is 0.333. The molecule has 1 aromatic carbocycles. The Labute approximate surface area is 103 Å². The molecule has 17 heavy (non-hydrogen) atoms. The van der Waals surface area contributed by atoms with Gasteiger partial charge in [-0.25, -0.2) is 0 Å². The summed E-state index contributed by atoms with van der Waals surface area (Å²) in [7, 11) is 2.01. The lowest BCUT2D eigenvalue weighted by Gasteiger charge is -2.19. The van der Waals surface area contributed by atoms with Crippen LogP contribution < -0.4 is 5.32 Å². The number of furan rings is 1. The van der Waals surface area contributed by atoms with Gasteiger partial charge in [0.25, 0.3) is 0 Å². The van der Waals surface area contributed by atoms with Gasteiger partial charge in [0.05, 0.1) is 12.5 Å².